The second kappa shape index (κ2) is 3.87. The lowest BCUT2D eigenvalue weighted by Gasteiger charge is -2.43. The van der Waals surface area contributed by atoms with Gasteiger partial charge in [0.25, 0.3) is 0 Å². The van der Waals surface area contributed by atoms with Crippen LogP contribution in [-0.4, -0.2) is 22.2 Å². The molecule has 0 radical (unpaired) electrons. The predicted octanol–water partition coefficient (Wildman–Crippen LogP) is 1.85. The van der Waals surface area contributed by atoms with Crippen molar-refractivity contribution < 1.29 is 19.8 Å². The first kappa shape index (κ1) is 11.6. The third-order valence-corrected chi connectivity index (χ3v) is 3.82. The van der Waals surface area contributed by atoms with E-state index >= 15 is 0 Å². The van der Waals surface area contributed by atoms with Gasteiger partial charge in [-0.1, -0.05) is 37.3 Å². The smallest absolute Gasteiger partial charge is 0.332 e. The third-order valence-electron chi connectivity index (χ3n) is 3.82. The Kier molecular flexibility index (Phi) is 2.65. The van der Waals surface area contributed by atoms with Crippen LogP contribution in [0.25, 0.3) is 0 Å². The van der Waals surface area contributed by atoms with E-state index < -0.39 is 23.3 Å². The van der Waals surface area contributed by atoms with Gasteiger partial charge in [-0.15, -0.1) is 0 Å². The number of aliphatic carboxylic acids is 2. The molecular weight excluding hydrogens is 220 g/mol. The van der Waals surface area contributed by atoms with Crippen molar-refractivity contribution >= 4 is 11.9 Å². The van der Waals surface area contributed by atoms with E-state index in [1.807, 2.05) is 12.2 Å². The van der Waals surface area contributed by atoms with Crippen molar-refractivity contribution in [1.82, 2.24) is 0 Å². The van der Waals surface area contributed by atoms with Crippen molar-refractivity contribution in [2.45, 2.75) is 13.3 Å². The first-order valence-electron chi connectivity index (χ1n) is 5.49. The van der Waals surface area contributed by atoms with Gasteiger partial charge in [0.15, 0.2) is 0 Å². The van der Waals surface area contributed by atoms with Crippen LogP contribution < -0.4 is 0 Å². The third kappa shape index (κ3) is 1.60. The second-order valence-electron chi connectivity index (χ2n) is 4.64. The lowest BCUT2D eigenvalue weighted by molar-refractivity contribution is -0.145. The van der Waals surface area contributed by atoms with Gasteiger partial charge >= 0.3 is 11.9 Å². The summed E-state index contributed by atoms with van der Waals surface area (Å²) in [5.74, 6) is -2.82. The molecule has 0 saturated heterocycles. The standard InChI is InChI=1S/C13H14O4/c1-13(8-4-2-5-8)9(11(14)15)6-3-7-10(13)12(16)17/h2-4,6-9H,5H2,1H3,(H,14,15)(H,16,17). The predicted molar refractivity (Wildman–Crippen MR) is 61.3 cm³/mol. The van der Waals surface area contributed by atoms with E-state index in [4.69, 9.17) is 0 Å². The monoisotopic (exact) mass is 234 g/mol. The fourth-order valence-corrected chi connectivity index (χ4v) is 2.60. The molecule has 17 heavy (non-hydrogen) atoms. The van der Waals surface area contributed by atoms with Gasteiger partial charge in [0.05, 0.1) is 5.92 Å². The maximum Gasteiger partial charge on any atom is 0.332 e. The van der Waals surface area contributed by atoms with Crippen LogP contribution in [0.2, 0.25) is 0 Å². The van der Waals surface area contributed by atoms with Crippen LogP contribution in [0.15, 0.2) is 36.0 Å². The second-order valence-corrected chi connectivity index (χ2v) is 4.64. The summed E-state index contributed by atoms with van der Waals surface area (Å²) in [6.45, 7) is 1.73. The molecule has 3 unspecified atom stereocenters. The highest BCUT2D eigenvalue weighted by atomic mass is 16.4. The topological polar surface area (TPSA) is 74.6 Å². The molecule has 0 heterocycles. The first-order valence-corrected chi connectivity index (χ1v) is 5.49. The summed E-state index contributed by atoms with van der Waals surface area (Å²) in [4.78, 5) is 22.6. The normalized spacial score (nSPS) is 35.0. The number of carboxylic acid groups (broad SMARTS) is 2. The number of carbonyl (C=O) groups is 2. The molecule has 4 heteroatoms. The van der Waals surface area contributed by atoms with Crippen molar-refractivity contribution in [3.05, 3.63) is 36.0 Å². The Morgan fingerprint density at radius 2 is 2.00 bits per heavy atom. The summed E-state index contributed by atoms with van der Waals surface area (Å²) in [5.41, 5.74) is -0.678. The van der Waals surface area contributed by atoms with E-state index in [1.165, 1.54) is 12.2 Å². The van der Waals surface area contributed by atoms with E-state index in [1.54, 1.807) is 13.0 Å². The molecule has 2 N–H and O–H groups in total. The molecule has 0 bridgehead atoms. The maximum atomic E-state index is 11.3. The van der Waals surface area contributed by atoms with E-state index in [0.717, 1.165) is 6.42 Å². The molecule has 4 nitrogen and oxygen atoms in total. The van der Waals surface area contributed by atoms with Crippen LogP contribution in [0.1, 0.15) is 13.3 Å². The van der Waals surface area contributed by atoms with Crippen LogP contribution in [0.5, 0.6) is 0 Å². The summed E-state index contributed by atoms with van der Waals surface area (Å²) in [6.07, 6.45) is 9.17. The van der Waals surface area contributed by atoms with Crippen LogP contribution >= 0.6 is 0 Å². The lowest BCUT2D eigenvalue weighted by Crippen LogP contribution is -2.44. The fraction of sp³-hybridized carbons (Fsp3) is 0.385. The molecular formula is C13H14O4. The number of rotatable bonds is 3. The van der Waals surface area contributed by atoms with Crippen molar-refractivity contribution in [1.29, 1.82) is 0 Å². The van der Waals surface area contributed by atoms with Gasteiger partial charge in [0, 0.05) is 11.0 Å². The summed E-state index contributed by atoms with van der Waals surface area (Å²) >= 11 is 0. The summed E-state index contributed by atoms with van der Waals surface area (Å²) < 4.78 is 0. The quantitative estimate of drug-likeness (QED) is 0.731. The molecule has 0 aromatic heterocycles. The molecule has 0 aromatic carbocycles. The number of carboxylic acids is 2. The van der Waals surface area contributed by atoms with E-state index in [-0.39, 0.29) is 11.5 Å². The molecule has 0 aromatic rings. The Balaban J connectivity index is 2.48. The van der Waals surface area contributed by atoms with E-state index in [9.17, 15) is 19.8 Å². The SMILES string of the molecule is CC1(C2C=CC2)C(C(=O)O)=CC=CC1C(=O)O. The van der Waals surface area contributed by atoms with Gasteiger partial charge in [0.2, 0.25) is 0 Å². The average molecular weight is 234 g/mol. The fourth-order valence-electron chi connectivity index (χ4n) is 2.60. The van der Waals surface area contributed by atoms with Gasteiger partial charge in [-0.3, -0.25) is 4.79 Å². The Bertz CT molecular complexity index is 458. The molecule has 90 valence electrons. The van der Waals surface area contributed by atoms with Crippen LogP contribution in [0.3, 0.4) is 0 Å². The molecule has 0 saturated carbocycles. The molecule has 2 aliphatic rings. The first-order chi connectivity index (χ1) is 7.98. The highest BCUT2D eigenvalue weighted by Crippen LogP contribution is 2.50. The Labute approximate surface area is 98.9 Å². The Morgan fingerprint density at radius 3 is 2.41 bits per heavy atom. The van der Waals surface area contributed by atoms with Crippen LogP contribution in [-0.2, 0) is 9.59 Å². The van der Waals surface area contributed by atoms with Crippen molar-refractivity contribution in [3.8, 4) is 0 Å². The highest BCUT2D eigenvalue weighted by Gasteiger charge is 2.50. The average Bonchev–Trinajstić information content (AvgIpc) is 2.13. The summed E-state index contributed by atoms with van der Waals surface area (Å²) in [5, 5.41) is 18.5. The highest BCUT2D eigenvalue weighted by molar-refractivity contribution is 5.91. The minimum Gasteiger partial charge on any atom is -0.481 e. The molecule has 3 atom stereocenters. The maximum absolute atomic E-state index is 11.3. The van der Waals surface area contributed by atoms with Crippen LogP contribution in [0.4, 0.5) is 0 Å². The zero-order chi connectivity index (χ0) is 12.6. The lowest BCUT2D eigenvalue weighted by atomic mass is 9.58. The Hall–Kier alpha value is -1.84. The number of hydrogen-bond donors (Lipinski definition) is 2. The molecule has 2 aliphatic carbocycles. The number of allylic oxidation sites excluding steroid dienone is 4. The van der Waals surface area contributed by atoms with Crippen molar-refractivity contribution in [3.63, 3.8) is 0 Å². The van der Waals surface area contributed by atoms with Gasteiger partial charge in [-0.05, 0) is 12.3 Å². The molecule has 0 aliphatic heterocycles. The largest absolute Gasteiger partial charge is 0.481 e. The minimum absolute atomic E-state index is 0.0177. The zero-order valence-electron chi connectivity index (χ0n) is 9.46. The summed E-state index contributed by atoms with van der Waals surface area (Å²) in [7, 11) is 0. The Morgan fingerprint density at radius 1 is 1.35 bits per heavy atom. The van der Waals surface area contributed by atoms with Crippen molar-refractivity contribution in [2.24, 2.45) is 17.3 Å². The molecule has 0 spiro atoms. The van der Waals surface area contributed by atoms with Gasteiger partial charge in [-0.25, -0.2) is 4.79 Å². The van der Waals surface area contributed by atoms with Gasteiger partial charge in [0.1, 0.15) is 0 Å². The van der Waals surface area contributed by atoms with Crippen LogP contribution in [0, 0.1) is 17.3 Å². The summed E-state index contributed by atoms with van der Waals surface area (Å²) in [6, 6.07) is 0. The van der Waals surface area contributed by atoms with E-state index in [2.05, 4.69) is 0 Å². The molecule has 0 fully saturated rings. The molecule has 0 amide bonds. The zero-order valence-corrected chi connectivity index (χ0v) is 9.46. The van der Waals surface area contributed by atoms with Gasteiger partial charge < -0.3 is 10.2 Å². The number of hydrogen-bond acceptors (Lipinski definition) is 2. The minimum atomic E-state index is -1.04. The van der Waals surface area contributed by atoms with E-state index in [0.29, 0.717) is 0 Å². The molecule has 2 rings (SSSR count). The van der Waals surface area contributed by atoms with Gasteiger partial charge in [-0.2, -0.15) is 0 Å². The van der Waals surface area contributed by atoms with Crippen molar-refractivity contribution in [2.75, 3.05) is 0 Å².